The molecule has 0 aliphatic carbocycles. The van der Waals surface area contributed by atoms with Crippen LogP contribution < -0.4 is 10.1 Å². The summed E-state index contributed by atoms with van der Waals surface area (Å²) in [6.45, 7) is 2.07. The number of ether oxygens (including phenoxy) is 2. The third-order valence-corrected chi connectivity index (χ3v) is 3.87. The van der Waals surface area contributed by atoms with E-state index < -0.39 is 23.2 Å². The normalized spacial score (nSPS) is 12.9. The van der Waals surface area contributed by atoms with Gasteiger partial charge in [-0.05, 0) is 42.8 Å². The van der Waals surface area contributed by atoms with Gasteiger partial charge >= 0.3 is 5.97 Å². The number of rotatable bonds is 8. The Balaban J connectivity index is 2.21. The number of nitrogens with one attached hydrogen (secondary N) is 1. The summed E-state index contributed by atoms with van der Waals surface area (Å²) in [7, 11) is 1.55. The summed E-state index contributed by atoms with van der Waals surface area (Å²) in [5.74, 6) is -1.87. The molecule has 0 aromatic heterocycles. The Morgan fingerprint density at radius 3 is 2.46 bits per heavy atom. The first-order chi connectivity index (χ1) is 12.4. The standard InChI is InChI=1S/C19H20FNO5/c1-19(18(23)24,14-6-8-15(20)9-7-14)21-17(22)13-4-3-5-16(12-13)26-11-10-25-2/h3-9,12H,10-11H2,1-2H3,(H,21,22)(H,23,24). The van der Waals surface area contributed by atoms with Gasteiger partial charge in [0.1, 0.15) is 18.2 Å². The van der Waals surface area contributed by atoms with Crippen LogP contribution in [0.25, 0.3) is 0 Å². The maximum absolute atomic E-state index is 13.1. The van der Waals surface area contributed by atoms with Crippen LogP contribution in [0.3, 0.4) is 0 Å². The molecule has 2 aromatic carbocycles. The fourth-order valence-corrected chi connectivity index (χ4v) is 2.30. The second-order valence-corrected chi connectivity index (χ2v) is 5.76. The molecule has 26 heavy (non-hydrogen) atoms. The first kappa shape index (κ1) is 19.4. The predicted octanol–water partition coefficient (Wildman–Crippen LogP) is 2.58. The van der Waals surface area contributed by atoms with Crippen LogP contribution in [0.5, 0.6) is 5.75 Å². The topological polar surface area (TPSA) is 84.9 Å². The zero-order chi connectivity index (χ0) is 19.2. The van der Waals surface area contributed by atoms with Gasteiger partial charge in [0, 0.05) is 12.7 Å². The Bertz CT molecular complexity index is 778. The quantitative estimate of drug-likeness (QED) is 0.706. The molecule has 0 aliphatic heterocycles. The van der Waals surface area contributed by atoms with Crippen LogP contribution in [-0.2, 0) is 15.1 Å². The van der Waals surface area contributed by atoms with Crippen LogP contribution >= 0.6 is 0 Å². The minimum Gasteiger partial charge on any atom is -0.491 e. The van der Waals surface area contributed by atoms with E-state index in [1.165, 1.54) is 25.1 Å². The largest absolute Gasteiger partial charge is 0.491 e. The second-order valence-electron chi connectivity index (χ2n) is 5.76. The number of benzene rings is 2. The fourth-order valence-electron chi connectivity index (χ4n) is 2.30. The highest BCUT2D eigenvalue weighted by Crippen LogP contribution is 2.23. The summed E-state index contributed by atoms with van der Waals surface area (Å²) in [6, 6.07) is 11.3. The maximum Gasteiger partial charge on any atom is 0.333 e. The van der Waals surface area contributed by atoms with Crippen molar-refractivity contribution in [3.05, 3.63) is 65.5 Å². The molecule has 2 aromatic rings. The lowest BCUT2D eigenvalue weighted by atomic mass is 9.91. The van der Waals surface area contributed by atoms with Crippen LogP contribution in [0.4, 0.5) is 4.39 Å². The molecule has 0 spiro atoms. The molecule has 0 heterocycles. The average molecular weight is 361 g/mol. The first-order valence-electron chi connectivity index (χ1n) is 7.90. The van der Waals surface area contributed by atoms with E-state index in [0.717, 1.165) is 12.1 Å². The second kappa shape index (κ2) is 8.44. The molecule has 0 saturated carbocycles. The summed E-state index contributed by atoms with van der Waals surface area (Å²) >= 11 is 0. The van der Waals surface area contributed by atoms with Crippen molar-refractivity contribution < 1.29 is 28.6 Å². The Labute approximate surface area is 150 Å². The van der Waals surface area contributed by atoms with Gasteiger partial charge in [0.25, 0.3) is 5.91 Å². The van der Waals surface area contributed by atoms with Gasteiger partial charge < -0.3 is 19.9 Å². The van der Waals surface area contributed by atoms with Crippen LogP contribution in [0.15, 0.2) is 48.5 Å². The predicted molar refractivity (Wildman–Crippen MR) is 92.7 cm³/mol. The third-order valence-electron chi connectivity index (χ3n) is 3.87. The summed E-state index contributed by atoms with van der Waals surface area (Å²) in [4.78, 5) is 24.3. The van der Waals surface area contributed by atoms with Crippen molar-refractivity contribution >= 4 is 11.9 Å². The van der Waals surface area contributed by atoms with E-state index in [1.54, 1.807) is 25.3 Å². The molecule has 0 fully saturated rings. The van der Waals surface area contributed by atoms with Gasteiger partial charge in [0.2, 0.25) is 0 Å². The number of carbonyl (C=O) groups is 2. The summed E-state index contributed by atoms with van der Waals surface area (Å²) < 4.78 is 23.5. The summed E-state index contributed by atoms with van der Waals surface area (Å²) in [5.41, 5.74) is -1.21. The molecular weight excluding hydrogens is 341 g/mol. The smallest absolute Gasteiger partial charge is 0.333 e. The number of hydrogen-bond donors (Lipinski definition) is 2. The van der Waals surface area contributed by atoms with Crippen LogP contribution in [0.1, 0.15) is 22.8 Å². The molecule has 2 rings (SSSR count). The Kier molecular flexibility index (Phi) is 6.30. The van der Waals surface area contributed by atoms with Crippen molar-refractivity contribution in [2.45, 2.75) is 12.5 Å². The number of carboxylic acid groups (broad SMARTS) is 1. The Morgan fingerprint density at radius 1 is 1.15 bits per heavy atom. The third kappa shape index (κ3) is 4.58. The number of hydrogen-bond acceptors (Lipinski definition) is 4. The van der Waals surface area contributed by atoms with Gasteiger partial charge in [0.15, 0.2) is 5.54 Å². The van der Waals surface area contributed by atoms with E-state index in [-0.39, 0.29) is 11.1 Å². The van der Waals surface area contributed by atoms with Gasteiger partial charge in [-0.1, -0.05) is 18.2 Å². The zero-order valence-corrected chi connectivity index (χ0v) is 14.5. The molecule has 7 heteroatoms. The van der Waals surface area contributed by atoms with Crippen molar-refractivity contribution in [1.82, 2.24) is 5.32 Å². The molecule has 0 radical (unpaired) electrons. The van der Waals surface area contributed by atoms with Gasteiger partial charge in [-0.15, -0.1) is 0 Å². The SMILES string of the molecule is COCCOc1cccc(C(=O)NC(C)(C(=O)O)c2ccc(F)cc2)c1. The number of carbonyl (C=O) groups excluding carboxylic acids is 1. The van der Waals surface area contributed by atoms with Crippen LogP contribution in [0.2, 0.25) is 0 Å². The van der Waals surface area contributed by atoms with E-state index >= 15 is 0 Å². The number of carboxylic acids is 1. The van der Waals surface area contributed by atoms with Crippen molar-refractivity contribution in [3.63, 3.8) is 0 Å². The zero-order valence-electron chi connectivity index (χ0n) is 14.5. The molecule has 0 bridgehead atoms. The number of halogens is 1. The Morgan fingerprint density at radius 2 is 1.85 bits per heavy atom. The fraction of sp³-hybridized carbons (Fsp3) is 0.263. The minimum absolute atomic E-state index is 0.245. The van der Waals surface area contributed by atoms with Crippen LogP contribution in [-0.4, -0.2) is 37.3 Å². The van der Waals surface area contributed by atoms with E-state index in [4.69, 9.17) is 9.47 Å². The monoisotopic (exact) mass is 361 g/mol. The van der Waals surface area contributed by atoms with Crippen molar-refractivity contribution in [1.29, 1.82) is 0 Å². The van der Waals surface area contributed by atoms with Crippen molar-refractivity contribution in [2.75, 3.05) is 20.3 Å². The highest BCUT2D eigenvalue weighted by Gasteiger charge is 2.37. The van der Waals surface area contributed by atoms with E-state index in [2.05, 4.69) is 5.32 Å². The lowest BCUT2D eigenvalue weighted by Crippen LogP contribution is -2.49. The molecule has 0 saturated heterocycles. The lowest BCUT2D eigenvalue weighted by Gasteiger charge is -2.27. The van der Waals surface area contributed by atoms with Gasteiger partial charge in [-0.2, -0.15) is 0 Å². The van der Waals surface area contributed by atoms with Gasteiger partial charge in [0.05, 0.1) is 6.61 Å². The molecule has 1 unspecified atom stereocenters. The van der Waals surface area contributed by atoms with Crippen LogP contribution in [0, 0.1) is 5.82 Å². The maximum atomic E-state index is 13.1. The molecule has 0 aliphatic rings. The molecule has 6 nitrogen and oxygen atoms in total. The molecular formula is C19H20FNO5. The molecule has 1 atom stereocenters. The minimum atomic E-state index is -1.71. The van der Waals surface area contributed by atoms with E-state index in [9.17, 15) is 19.1 Å². The van der Waals surface area contributed by atoms with Gasteiger partial charge in [-0.3, -0.25) is 4.79 Å². The van der Waals surface area contributed by atoms with E-state index in [1.807, 2.05) is 0 Å². The highest BCUT2D eigenvalue weighted by atomic mass is 19.1. The molecule has 138 valence electrons. The first-order valence-corrected chi connectivity index (χ1v) is 7.90. The summed E-state index contributed by atoms with van der Waals surface area (Å²) in [5, 5.41) is 12.1. The number of amides is 1. The van der Waals surface area contributed by atoms with E-state index in [0.29, 0.717) is 19.0 Å². The average Bonchev–Trinajstić information content (AvgIpc) is 2.62. The highest BCUT2D eigenvalue weighted by molar-refractivity contribution is 5.98. The Hall–Kier alpha value is -2.93. The van der Waals surface area contributed by atoms with Gasteiger partial charge in [-0.25, -0.2) is 9.18 Å². The van der Waals surface area contributed by atoms with Crippen molar-refractivity contribution in [3.8, 4) is 5.75 Å². The molecule has 1 amide bonds. The summed E-state index contributed by atoms with van der Waals surface area (Å²) in [6.07, 6.45) is 0. The number of aliphatic carboxylic acids is 1. The van der Waals surface area contributed by atoms with Crippen molar-refractivity contribution in [2.24, 2.45) is 0 Å². The molecule has 2 N–H and O–H groups in total. The number of methoxy groups -OCH3 is 1. The lowest BCUT2D eigenvalue weighted by molar-refractivity contribution is -0.144.